The van der Waals surface area contributed by atoms with Gasteiger partial charge in [0.1, 0.15) is 0 Å². The lowest BCUT2D eigenvalue weighted by molar-refractivity contribution is 0.257. The molecule has 0 aliphatic carbocycles. The third kappa shape index (κ3) is 2.13. The molecular weight excluding hydrogens is 262 g/mol. The number of benzene rings is 1. The Morgan fingerprint density at radius 2 is 1.65 bits per heavy atom. The molecule has 6 heteroatoms. The number of hydrogen-bond acceptors (Lipinski definition) is 6. The molecule has 108 valence electrons. The lowest BCUT2D eigenvalue weighted by atomic mass is 10.0. The van der Waals surface area contributed by atoms with Crippen LogP contribution in [0.2, 0.25) is 0 Å². The number of pyridine rings is 1. The predicted molar refractivity (Wildman–Crippen MR) is 73.2 cm³/mol. The highest BCUT2D eigenvalue weighted by Gasteiger charge is 2.19. The fourth-order valence-corrected chi connectivity index (χ4v) is 2.24. The van der Waals surface area contributed by atoms with Crippen molar-refractivity contribution in [1.29, 1.82) is 0 Å². The number of hydrogen-bond donors (Lipinski definition) is 2. The SMILES string of the molecule is COc1cc2c(CO)c(CO)ncc2c(OC)c1OC. The summed E-state index contributed by atoms with van der Waals surface area (Å²) in [7, 11) is 4.57. The van der Waals surface area contributed by atoms with Gasteiger partial charge in [0.05, 0.1) is 40.2 Å². The maximum atomic E-state index is 9.54. The molecule has 0 unspecified atom stereocenters. The van der Waals surface area contributed by atoms with E-state index in [-0.39, 0.29) is 13.2 Å². The average Bonchev–Trinajstić information content (AvgIpc) is 2.51. The van der Waals surface area contributed by atoms with E-state index < -0.39 is 0 Å². The topological polar surface area (TPSA) is 81.0 Å². The van der Waals surface area contributed by atoms with E-state index in [4.69, 9.17) is 14.2 Å². The third-order valence-corrected chi connectivity index (χ3v) is 3.20. The van der Waals surface area contributed by atoms with Crippen molar-refractivity contribution in [2.24, 2.45) is 0 Å². The van der Waals surface area contributed by atoms with Crippen molar-refractivity contribution >= 4 is 10.8 Å². The molecule has 1 heterocycles. The van der Waals surface area contributed by atoms with Gasteiger partial charge in [-0.1, -0.05) is 0 Å². The number of ether oxygens (including phenoxy) is 3. The molecule has 0 atom stereocenters. The first-order chi connectivity index (χ1) is 9.71. The molecule has 2 aromatic rings. The summed E-state index contributed by atoms with van der Waals surface area (Å²) in [6.45, 7) is -0.485. The van der Waals surface area contributed by atoms with Crippen molar-refractivity contribution in [3.8, 4) is 17.2 Å². The van der Waals surface area contributed by atoms with Crippen molar-refractivity contribution in [2.75, 3.05) is 21.3 Å². The maximum absolute atomic E-state index is 9.54. The van der Waals surface area contributed by atoms with Crippen molar-refractivity contribution in [3.05, 3.63) is 23.5 Å². The van der Waals surface area contributed by atoms with Crippen molar-refractivity contribution in [2.45, 2.75) is 13.2 Å². The van der Waals surface area contributed by atoms with Gasteiger partial charge in [-0.25, -0.2) is 0 Å². The van der Waals surface area contributed by atoms with Gasteiger partial charge < -0.3 is 24.4 Å². The van der Waals surface area contributed by atoms with Gasteiger partial charge in [-0.15, -0.1) is 0 Å². The van der Waals surface area contributed by atoms with Crippen LogP contribution in [-0.4, -0.2) is 36.5 Å². The summed E-state index contributed by atoms with van der Waals surface area (Å²) < 4.78 is 16.0. The molecule has 6 nitrogen and oxygen atoms in total. The maximum Gasteiger partial charge on any atom is 0.204 e. The van der Waals surface area contributed by atoms with Crippen LogP contribution in [0.15, 0.2) is 12.3 Å². The second-order valence-electron chi connectivity index (χ2n) is 4.11. The van der Waals surface area contributed by atoms with E-state index in [0.717, 1.165) is 0 Å². The Bertz CT molecular complexity index is 627. The van der Waals surface area contributed by atoms with Crippen molar-refractivity contribution in [3.63, 3.8) is 0 Å². The largest absolute Gasteiger partial charge is 0.493 e. The molecule has 0 spiro atoms. The van der Waals surface area contributed by atoms with Gasteiger partial charge in [0.25, 0.3) is 0 Å². The molecule has 1 aromatic heterocycles. The lowest BCUT2D eigenvalue weighted by Crippen LogP contribution is -2.02. The molecule has 1 aromatic carbocycles. The summed E-state index contributed by atoms with van der Waals surface area (Å²) >= 11 is 0. The zero-order valence-electron chi connectivity index (χ0n) is 11.6. The molecule has 0 fully saturated rings. The summed E-state index contributed by atoms with van der Waals surface area (Å²) in [6, 6.07) is 1.74. The van der Waals surface area contributed by atoms with E-state index in [1.165, 1.54) is 21.3 Å². The molecule has 0 aliphatic rings. The van der Waals surface area contributed by atoms with Gasteiger partial charge >= 0.3 is 0 Å². The smallest absolute Gasteiger partial charge is 0.204 e. The summed E-state index contributed by atoms with van der Waals surface area (Å²) in [5.74, 6) is 1.43. The van der Waals surface area contributed by atoms with Crippen LogP contribution in [0.3, 0.4) is 0 Å². The van der Waals surface area contributed by atoms with Gasteiger partial charge in [0.15, 0.2) is 11.5 Å². The number of aliphatic hydroxyl groups is 2. The van der Waals surface area contributed by atoms with Crippen LogP contribution in [0.4, 0.5) is 0 Å². The van der Waals surface area contributed by atoms with Gasteiger partial charge in [0.2, 0.25) is 5.75 Å². The first-order valence-electron chi connectivity index (χ1n) is 6.02. The summed E-state index contributed by atoms with van der Waals surface area (Å²) in [4.78, 5) is 4.15. The molecule has 20 heavy (non-hydrogen) atoms. The van der Waals surface area contributed by atoms with E-state index in [2.05, 4.69) is 4.98 Å². The Morgan fingerprint density at radius 1 is 0.950 bits per heavy atom. The Labute approximate surface area is 116 Å². The lowest BCUT2D eigenvalue weighted by Gasteiger charge is -2.17. The van der Waals surface area contributed by atoms with Crippen LogP contribution in [0.25, 0.3) is 10.8 Å². The first kappa shape index (κ1) is 14.4. The van der Waals surface area contributed by atoms with Crippen molar-refractivity contribution < 1.29 is 24.4 Å². The summed E-state index contributed by atoms with van der Waals surface area (Å²) in [5, 5.41) is 20.2. The number of nitrogens with zero attached hydrogens (tertiary/aromatic N) is 1. The normalized spacial score (nSPS) is 10.7. The number of aromatic nitrogens is 1. The third-order valence-electron chi connectivity index (χ3n) is 3.20. The molecule has 0 saturated carbocycles. The number of fused-ring (bicyclic) bond motifs is 1. The van der Waals surface area contributed by atoms with Crippen molar-refractivity contribution in [1.82, 2.24) is 4.98 Å². The van der Waals surface area contributed by atoms with Crippen LogP contribution >= 0.6 is 0 Å². The number of methoxy groups -OCH3 is 3. The second-order valence-corrected chi connectivity index (χ2v) is 4.11. The zero-order valence-corrected chi connectivity index (χ0v) is 11.6. The van der Waals surface area contributed by atoms with E-state index >= 15 is 0 Å². The van der Waals surface area contributed by atoms with Crippen LogP contribution < -0.4 is 14.2 Å². The zero-order chi connectivity index (χ0) is 14.7. The predicted octanol–water partition coefficient (Wildman–Crippen LogP) is 1.25. The van der Waals surface area contributed by atoms with Gasteiger partial charge in [0, 0.05) is 17.1 Å². The van der Waals surface area contributed by atoms with Gasteiger partial charge in [-0.3, -0.25) is 4.98 Å². The molecule has 2 rings (SSSR count). The molecule has 2 N–H and O–H groups in total. The Morgan fingerprint density at radius 3 is 2.15 bits per heavy atom. The Balaban J connectivity index is 2.90. The summed E-state index contributed by atoms with van der Waals surface area (Å²) in [6.07, 6.45) is 1.58. The second kappa shape index (κ2) is 5.94. The molecule has 0 saturated heterocycles. The molecule has 0 aliphatic heterocycles. The van der Waals surface area contributed by atoms with Crippen LogP contribution in [0.1, 0.15) is 11.3 Å². The molecular formula is C14H17NO5. The van der Waals surface area contributed by atoms with Gasteiger partial charge in [-0.2, -0.15) is 0 Å². The Hall–Kier alpha value is -2.05. The fourth-order valence-electron chi connectivity index (χ4n) is 2.24. The van der Waals surface area contributed by atoms with Gasteiger partial charge in [-0.05, 0) is 11.5 Å². The molecule has 0 amide bonds. The minimum Gasteiger partial charge on any atom is -0.493 e. The van der Waals surface area contributed by atoms with Crippen LogP contribution in [0, 0.1) is 0 Å². The minimum atomic E-state index is -0.248. The fraction of sp³-hybridized carbons (Fsp3) is 0.357. The quantitative estimate of drug-likeness (QED) is 0.857. The monoisotopic (exact) mass is 279 g/mol. The highest BCUT2D eigenvalue weighted by molar-refractivity contribution is 5.95. The van der Waals surface area contributed by atoms with E-state index in [0.29, 0.717) is 39.3 Å². The molecule has 0 bridgehead atoms. The van der Waals surface area contributed by atoms with Crippen LogP contribution in [0.5, 0.6) is 17.2 Å². The highest BCUT2D eigenvalue weighted by Crippen LogP contribution is 2.44. The standard InChI is InChI=1S/C14H17NO5/c1-18-12-4-8-9(13(19-2)14(12)20-3)5-15-11(7-17)10(8)6-16/h4-5,16-17H,6-7H2,1-3H3. The van der Waals surface area contributed by atoms with Crippen LogP contribution in [-0.2, 0) is 13.2 Å². The number of rotatable bonds is 5. The number of aliphatic hydroxyl groups excluding tert-OH is 2. The van der Waals surface area contributed by atoms with E-state index in [9.17, 15) is 10.2 Å². The van der Waals surface area contributed by atoms with E-state index in [1.54, 1.807) is 12.3 Å². The minimum absolute atomic E-state index is 0.237. The highest BCUT2D eigenvalue weighted by atomic mass is 16.5. The first-order valence-corrected chi connectivity index (χ1v) is 6.02. The summed E-state index contributed by atoms with van der Waals surface area (Å²) in [5.41, 5.74) is 0.971. The molecule has 0 radical (unpaired) electrons. The average molecular weight is 279 g/mol. The Kier molecular flexibility index (Phi) is 4.26. The van der Waals surface area contributed by atoms with E-state index in [1.807, 2.05) is 0 Å².